The van der Waals surface area contributed by atoms with E-state index < -0.39 is 0 Å². The van der Waals surface area contributed by atoms with Gasteiger partial charge >= 0.3 is 0 Å². The molecule has 0 spiro atoms. The Bertz CT molecular complexity index is 316. The molecule has 4 heteroatoms. The number of hydrogen-bond donors (Lipinski definition) is 2. The van der Waals surface area contributed by atoms with Crippen LogP contribution in [0.1, 0.15) is 26.0 Å². The molecule has 0 radical (unpaired) electrons. The van der Waals surface area contributed by atoms with Gasteiger partial charge in [-0.15, -0.1) is 0 Å². The van der Waals surface area contributed by atoms with Crippen molar-refractivity contribution in [2.24, 2.45) is 0 Å². The summed E-state index contributed by atoms with van der Waals surface area (Å²) < 4.78 is 5.05. The van der Waals surface area contributed by atoms with Crippen molar-refractivity contribution in [1.29, 1.82) is 0 Å². The van der Waals surface area contributed by atoms with Crippen molar-refractivity contribution in [3.8, 4) is 5.88 Å². The van der Waals surface area contributed by atoms with E-state index in [0.717, 1.165) is 12.1 Å². The quantitative estimate of drug-likeness (QED) is 0.765. The molecule has 1 aromatic heterocycles. The molecule has 0 aromatic carbocycles. The van der Waals surface area contributed by atoms with Crippen LogP contribution in [0, 0.1) is 0 Å². The topological polar surface area (TPSA) is 54.4 Å². The van der Waals surface area contributed by atoms with Crippen LogP contribution >= 0.6 is 0 Å². The summed E-state index contributed by atoms with van der Waals surface area (Å²) in [6.45, 7) is 4.53. The van der Waals surface area contributed by atoms with Crippen molar-refractivity contribution >= 4 is 0 Å². The molecule has 0 aliphatic carbocycles. The third-order valence-electron chi connectivity index (χ3n) is 2.32. The molecule has 0 saturated heterocycles. The van der Waals surface area contributed by atoms with Crippen LogP contribution in [0.4, 0.5) is 0 Å². The monoisotopic (exact) mass is 224 g/mol. The Kier molecular flexibility index (Phi) is 5.22. The summed E-state index contributed by atoms with van der Waals surface area (Å²) in [5, 5.41) is 12.5. The highest BCUT2D eigenvalue weighted by molar-refractivity contribution is 5.15. The van der Waals surface area contributed by atoms with Crippen molar-refractivity contribution in [1.82, 2.24) is 10.3 Å². The Hall–Kier alpha value is -1.13. The van der Waals surface area contributed by atoms with Crippen molar-refractivity contribution in [3.63, 3.8) is 0 Å². The van der Waals surface area contributed by atoms with Crippen molar-refractivity contribution < 1.29 is 9.84 Å². The normalized spacial score (nSPS) is 14.5. The molecule has 90 valence electrons. The van der Waals surface area contributed by atoms with Crippen LogP contribution in [-0.2, 0) is 6.54 Å². The van der Waals surface area contributed by atoms with Gasteiger partial charge in [0.25, 0.3) is 0 Å². The minimum absolute atomic E-state index is 0.271. The van der Waals surface area contributed by atoms with Crippen molar-refractivity contribution in [3.05, 3.63) is 23.9 Å². The van der Waals surface area contributed by atoms with Crippen LogP contribution in [0.15, 0.2) is 18.2 Å². The fraction of sp³-hybridized carbons (Fsp3) is 0.583. The Balaban J connectivity index is 2.41. The standard InChI is InChI=1S/C12H20N2O2/c1-9(7-10(2)15)13-8-11-5-4-6-12(14-11)16-3/h4-6,9-10,13,15H,7-8H2,1-3H3. The summed E-state index contributed by atoms with van der Waals surface area (Å²) in [6.07, 6.45) is 0.463. The molecular formula is C12H20N2O2. The summed E-state index contributed by atoms with van der Waals surface area (Å²) in [7, 11) is 1.61. The summed E-state index contributed by atoms with van der Waals surface area (Å²) in [6, 6.07) is 5.96. The fourth-order valence-corrected chi connectivity index (χ4v) is 1.54. The van der Waals surface area contributed by atoms with E-state index in [9.17, 15) is 5.11 Å². The lowest BCUT2D eigenvalue weighted by Gasteiger charge is -2.15. The van der Waals surface area contributed by atoms with E-state index in [4.69, 9.17) is 4.74 Å². The highest BCUT2D eigenvalue weighted by Crippen LogP contribution is 2.07. The number of ether oxygens (including phenoxy) is 1. The lowest BCUT2D eigenvalue weighted by Crippen LogP contribution is -2.29. The Morgan fingerprint density at radius 3 is 2.81 bits per heavy atom. The lowest BCUT2D eigenvalue weighted by molar-refractivity contribution is 0.170. The van der Waals surface area contributed by atoms with Gasteiger partial charge in [-0.2, -0.15) is 0 Å². The molecule has 1 rings (SSSR count). The number of methoxy groups -OCH3 is 1. The number of nitrogens with one attached hydrogen (secondary N) is 1. The molecule has 1 heterocycles. The number of rotatable bonds is 6. The first-order valence-corrected chi connectivity index (χ1v) is 5.53. The number of pyridine rings is 1. The Morgan fingerprint density at radius 2 is 2.19 bits per heavy atom. The predicted octanol–water partition coefficient (Wildman–Crippen LogP) is 1.34. The minimum atomic E-state index is -0.277. The highest BCUT2D eigenvalue weighted by atomic mass is 16.5. The van der Waals surface area contributed by atoms with Crippen molar-refractivity contribution in [2.45, 2.75) is 39.0 Å². The zero-order valence-corrected chi connectivity index (χ0v) is 10.1. The Morgan fingerprint density at radius 1 is 1.44 bits per heavy atom. The van der Waals surface area contributed by atoms with Crippen LogP contribution < -0.4 is 10.1 Å². The third-order valence-corrected chi connectivity index (χ3v) is 2.32. The van der Waals surface area contributed by atoms with Gasteiger partial charge in [0.1, 0.15) is 0 Å². The average Bonchev–Trinajstić information content (AvgIpc) is 2.26. The molecule has 0 aliphatic rings. The van der Waals surface area contributed by atoms with E-state index in [1.54, 1.807) is 14.0 Å². The molecular weight excluding hydrogens is 204 g/mol. The number of aliphatic hydroxyl groups excluding tert-OH is 1. The lowest BCUT2D eigenvalue weighted by atomic mass is 10.1. The second-order valence-corrected chi connectivity index (χ2v) is 4.04. The summed E-state index contributed by atoms with van der Waals surface area (Å²) in [5.41, 5.74) is 0.941. The second kappa shape index (κ2) is 6.45. The largest absolute Gasteiger partial charge is 0.481 e. The smallest absolute Gasteiger partial charge is 0.213 e. The molecule has 1 aromatic rings. The molecule has 2 unspecified atom stereocenters. The first-order chi connectivity index (χ1) is 7.61. The second-order valence-electron chi connectivity index (χ2n) is 4.04. The molecule has 0 aliphatic heterocycles. The van der Waals surface area contributed by atoms with Gasteiger partial charge < -0.3 is 15.2 Å². The number of nitrogens with zero attached hydrogens (tertiary/aromatic N) is 1. The molecule has 2 N–H and O–H groups in total. The zero-order valence-electron chi connectivity index (χ0n) is 10.1. The SMILES string of the molecule is COc1cccc(CNC(C)CC(C)O)n1. The van der Waals surface area contributed by atoms with Gasteiger partial charge in [0.05, 0.1) is 18.9 Å². The van der Waals surface area contributed by atoms with E-state index in [1.807, 2.05) is 25.1 Å². The van der Waals surface area contributed by atoms with Gasteiger partial charge in [0.2, 0.25) is 5.88 Å². The van der Waals surface area contributed by atoms with E-state index in [0.29, 0.717) is 12.4 Å². The highest BCUT2D eigenvalue weighted by Gasteiger charge is 2.06. The van der Waals surface area contributed by atoms with E-state index in [2.05, 4.69) is 10.3 Å². The van der Waals surface area contributed by atoms with E-state index in [1.165, 1.54) is 0 Å². The van der Waals surface area contributed by atoms with Gasteiger partial charge in [-0.25, -0.2) is 4.98 Å². The van der Waals surface area contributed by atoms with Gasteiger partial charge in [-0.3, -0.25) is 0 Å². The van der Waals surface area contributed by atoms with Crippen LogP contribution in [0.5, 0.6) is 5.88 Å². The molecule has 0 saturated carbocycles. The van der Waals surface area contributed by atoms with Crippen LogP contribution in [0.3, 0.4) is 0 Å². The summed E-state index contributed by atoms with van der Waals surface area (Å²) >= 11 is 0. The molecule has 2 atom stereocenters. The number of aromatic nitrogens is 1. The van der Waals surface area contributed by atoms with Gasteiger partial charge in [0, 0.05) is 18.7 Å². The maximum atomic E-state index is 9.23. The first-order valence-electron chi connectivity index (χ1n) is 5.53. The fourth-order valence-electron chi connectivity index (χ4n) is 1.54. The van der Waals surface area contributed by atoms with Crippen LogP contribution in [-0.4, -0.2) is 29.3 Å². The van der Waals surface area contributed by atoms with Gasteiger partial charge in [-0.05, 0) is 26.3 Å². The zero-order chi connectivity index (χ0) is 12.0. The minimum Gasteiger partial charge on any atom is -0.481 e. The van der Waals surface area contributed by atoms with Gasteiger partial charge in [0.15, 0.2) is 0 Å². The first kappa shape index (κ1) is 12.9. The summed E-state index contributed by atoms with van der Waals surface area (Å²) in [4.78, 5) is 4.30. The molecule has 0 bridgehead atoms. The maximum Gasteiger partial charge on any atom is 0.213 e. The van der Waals surface area contributed by atoms with E-state index >= 15 is 0 Å². The van der Waals surface area contributed by atoms with Crippen LogP contribution in [0.2, 0.25) is 0 Å². The average molecular weight is 224 g/mol. The Labute approximate surface area is 96.7 Å². The van der Waals surface area contributed by atoms with Crippen molar-refractivity contribution in [2.75, 3.05) is 7.11 Å². The van der Waals surface area contributed by atoms with Crippen LogP contribution in [0.25, 0.3) is 0 Å². The van der Waals surface area contributed by atoms with E-state index in [-0.39, 0.29) is 12.1 Å². The predicted molar refractivity (Wildman–Crippen MR) is 63.4 cm³/mol. The molecule has 16 heavy (non-hydrogen) atoms. The summed E-state index contributed by atoms with van der Waals surface area (Å²) in [5.74, 6) is 0.627. The molecule has 0 fully saturated rings. The number of hydrogen-bond acceptors (Lipinski definition) is 4. The number of aliphatic hydroxyl groups is 1. The maximum absolute atomic E-state index is 9.23. The molecule has 0 amide bonds. The molecule has 4 nitrogen and oxygen atoms in total. The third kappa shape index (κ3) is 4.59. The van der Waals surface area contributed by atoms with Gasteiger partial charge in [-0.1, -0.05) is 6.07 Å².